The second-order valence-corrected chi connectivity index (χ2v) is 7.71. The van der Waals surface area contributed by atoms with Crippen LogP contribution in [-0.4, -0.2) is 44.5 Å². The molecule has 0 saturated carbocycles. The molecule has 0 aliphatic carbocycles. The molecule has 4 rings (SSSR count). The van der Waals surface area contributed by atoms with Gasteiger partial charge in [-0.05, 0) is 49.9 Å². The summed E-state index contributed by atoms with van der Waals surface area (Å²) in [6.45, 7) is 0.872. The monoisotopic (exact) mass is 397 g/mol. The largest absolute Gasteiger partial charge is 0.396 e. The first-order chi connectivity index (χ1) is 13.7. The fourth-order valence-electron chi connectivity index (χ4n) is 4.08. The lowest BCUT2D eigenvalue weighted by molar-refractivity contribution is -0.134. The van der Waals surface area contributed by atoms with Gasteiger partial charge < -0.3 is 14.4 Å². The van der Waals surface area contributed by atoms with Crippen LogP contribution in [0.15, 0.2) is 48.7 Å². The predicted molar refractivity (Wildman–Crippen MR) is 110 cm³/mol. The van der Waals surface area contributed by atoms with Crippen molar-refractivity contribution in [2.45, 2.75) is 38.1 Å². The molecule has 0 bridgehead atoms. The van der Waals surface area contributed by atoms with E-state index >= 15 is 0 Å². The molecule has 0 radical (unpaired) electrons. The van der Waals surface area contributed by atoms with Gasteiger partial charge in [-0.2, -0.15) is 0 Å². The van der Waals surface area contributed by atoms with Crippen molar-refractivity contribution >= 4 is 23.2 Å². The molecule has 1 atom stereocenters. The number of pyridine rings is 1. The van der Waals surface area contributed by atoms with Gasteiger partial charge in [0.2, 0.25) is 5.91 Å². The van der Waals surface area contributed by atoms with Gasteiger partial charge in [-0.3, -0.25) is 4.79 Å². The van der Waals surface area contributed by atoms with E-state index in [1.807, 2.05) is 58.0 Å². The van der Waals surface area contributed by atoms with Gasteiger partial charge in [-0.15, -0.1) is 0 Å². The summed E-state index contributed by atoms with van der Waals surface area (Å²) < 4.78 is 1.99. The van der Waals surface area contributed by atoms with Crippen LogP contribution in [0.25, 0.3) is 16.9 Å². The number of amides is 1. The zero-order valence-corrected chi connectivity index (χ0v) is 16.5. The summed E-state index contributed by atoms with van der Waals surface area (Å²) in [6, 6.07) is 13.5. The van der Waals surface area contributed by atoms with Gasteiger partial charge >= 0.3 is 0 Å². The molecule has 6 heteroatoms. The SMILES string of the molecule is O=C(Cc1c(-c2ccc(Cl)cc2)nc2ccccn12)N1CCCCC1CCO. The van der Waals surface area contributed by atoms with E-state index in [1.54, 1.807) is 0 Å². The second kappa shape index (κ2) is 8.33. The zero-order valence-electron chi connectivity index (χ0n) is 15.7. The van der Waals surface area contributed by atoms with Crippen molar-refractivity contribution in [1.29, 1.82) is 0 Å². The van der Waals surface area contributed by atoms with E-state index < -0.39 is 0 Å². The molecule has 0 spiro atoms. The summed E-state index contributed by atoms with van der Waals surface area (Å²) in [7, 11) is 0. The van der Waals surface area contributed by atoms with Crippen molar-refractivity contribution in [2.24, 2.45) is 0 Å². The van der Waals surface area contributed by atoms with Crippen molar-refractivity contribution in [1.82, 2.24) is 14.3 Å². The molecule has 28 heavy (non-hydrogen) atoms. The molecule has 1 aromatic carbocycles. The van der Waals surface area contributed by atoms with E-state index in [4.69, 9.17) is 16.6 Å². The maximum Gasteiger partial charge on any atom is 0.228 e. The molecule has 3 heterocycles. The number of carbonyl (C=O) groups excluding carboxylic acids is 1. The number of hydrogen-bond donors (Lipinski definition) is 1. The molecule has 1 fully saturated rings. The molecular formula is C22H24ClN3O2. The third-order valence-electron chi connectivity index (χ3n) is 5.47. The average molecular weight is 398 g/mol. The maximum absolute atomic E-state index is 13.2. The first kappa shape index (κ1) is 19.0. The maximum atomic E-state index is 13.2. The molecule has 3 aromatic rings. The number of benzene rings is 1. The fourth-order valence-corrected chi connectivity index (χ4v) is 4.20. The molecule has 1 N–H and O–H groups in total. The van der Waals surface area contributed by atoms with Crippen molar-refractivity contribution in [3.63, 3.8) is 0 Å². The minimum atomic E-state index is 0.0963. The molecule has 1 unspecified atom stereocenters. The Kier molecular flexibility index (Phi) is 5.64. The van der Waals surface area contributed by atoms with E-state index in [9.17, 15) is 9.90 Å². The topological polar surface area (TPSA) is 57.8 Å². The third-order valence-corrected chi connectivity index (χ3v) is 5.73. The molecule has 146 valence electrons. The lowest BCUT2D eigenvalue weighted by atomic mass is 9.98. The van der Waals surface area contributed by atoms with Crippen LogP contribution < -0.4 is 0 Å². The zero-order chi connectivity index (χ0) is 19.5. The predicted octanol–water partition coefficient (Wildman–Crippen LogP) is 3.96. The normalized spacial score (nSPS) is 17.2. The number of hydrogen-bond acceptors (Lipinski definition) is 3. The number of imidazole rings is 1. The molecule has 1 aliphatic heterocycles. The highest BCUT2D eigenvalue weighted by molar-refractivity contribution is 6.30. The molecular weight excluding hydrogens is 374 g/mol. The smallest absolute Gasteiger partial charge is 0.228 e. The quantitative estimate of drug-likeness (QED) is 0.708. The number of aliphatic hydroxyl groups is 1. The summed E-state index contributed by atoms with van der Waals surface area (Å²) in [5.41, 5.74) is 3.46. The molecule has 1 amide bonds. The number of rotatable bonds is 5. The third kappa shape index (κ3) is 3.77. The Labute approximate surface area is 169 Å². The van der Waals surface area contributed by atoms with E-state index in [1.165, 1.54) is 0 Å². The number of aromatic nitrogens is 2. The summed E-state index contributed by atoms with van der Waals surface area (Å²) in [5.74, 6) is 0.0963. The standard InChI is InChI=1S/C22H24ClN3O2/c23-17-9-7-16(8-10-17)22-19(26-13-4-2-6-20(26)24-22)15-21(28)25-12-3-1-5-18(25)11-14-27/h2,4,6-10,13,18,27H,1,3,5,11-12,14-15H2. The van der Waals surface area contributed by atoms with E-state index in [0.29, 0.717) is 11.4 Å². The first-order valence-corrected chi connectivity index (χ1v) is 10.2. The van der Waals surface area contributed by atoms with Gasteiger partial charge in [0.15, 0.2) is 0 Å². The molecule has 5 nitrogen and oxygen atoms in total. The van der Waals surface area contributed by atoms with Gasteiger partial charge in [0.25, 0.3) is 0 Å². The lowest BCUT2D eigenvalue weighted by Crippen LogP contribution is -2.45. The summed E-state index contributed by atoms with van der Waals surface area (Å²) >= 11 is 6.04. The molecule has 1 saturated heterocycles. The molecule has 2 aromatic heterocycles. The highest BCUT2D eigenvalue weighted by atomic mass is 35.5. The van der Waals surface area contributed by atoms with Crippen molar-refractivity contribution in [2.75, 3.05) is 13.2 Å². The van der Waals surface area contributed by atoms with Crippen molar-refractivity contribution < 1.29 is 9.90 Å². The van der Waals surface area contributed by atoms with Crippen LogP contribution in [0.4, 0.5) is 0 Å². The van der Waals surface area contributed by atoms with Crippen LogP contribution in [0.3, 0.4) is 0 Å². The van der Waals surface area contributed by atoms with Gasteiger partial charge in [0.05, 0.1) is 17.8 Å². The van der Waals surface area contributed by atoms with Gasteiger partial charge in [0.1, 0.15) is 5.65 Å². The van der Waals surface area contributed by atoms with Crippen molar-refractivity contribution in [3.8, 4) is 11.3 Å². The second-order valence-electron chi connectivity index (χ2n) is 7.27. The van der Waals surface area contributed by atoms with Crippen LogP contribution >= 0.6 is 11.6 Å². The number of halogens is 1. The fraction of sp³-hybridized carbons (Fsp3) is 0.364. The van der Waals surface area contributed by atoms with Gasteiger partial charge in [-0.1, -0.05) is 29.8 Å². The van der Waals surface area contributed by atoms with E-state index in [0.717, 1.165) is 48.4 Å². The van der Waals surface area contributed by atoms with Crippen LogP contribution in [0, 0.1) is 0 Å². The number of fused-ring (bicyclic) bond motifs is 1. The van der Waals surface area contributed by atoms with Crippen molar-refractivity contribution in [3.05, 3.63) is 59.4 Å². The summed E-state index contributed by atoms with van der Waals surface area (Å²) in [4.78, 5) is 19.9. The van der Waals surface area contributed by atoms with Crippen LogP contribution in [0.1, 0.15) is 31.4 Å². The highest BCUT2D eigenvalue weighted by Crippen LogP contribution is 2.28. The minimum absolute atomic E-state index is 0.0963. The summed E-state index contributed by atoms with van der Waals surface area (Å²) in [6.07, 6.45) is 5.97. The van der Waals surface area contributed by atoms with Gasteiger partial charge in [0, 0.05) is 36.0 Å². The van der Waals surface area contributed by atoms with Crippen LogP contribution in [-0.2, 0) is 11.2 Å². The Balaban J connectivity index is 1.70. The Morgan fingerprint density at radius 2 is 2.00 bits per heavy atom. The lowest BCUT2D eigenvalue weighted by Gasteiger charge is -2.35. The summed E-state index contributed by atoms with van der Waals surface area (Å²) in [5, 5.41) is 10.0. The average Bonchev–Trinajstić information content (AvgIpc) is 3.08. The molecule has 1 aliphatic rings. The van der Waals surface area contributed by atoms with Crippen LogP contribution in [0.5, 0.6) is 0 Å². The Morgan fingerprint density at radius 1 is 1.18 bits per heavy atom. The number of aliphatic hydroxyl groups excluding tert-OH is 1. The number of carbonyl (C=O) groups is 1. The van der Waals surface area contributed by atoms with E-state index in [2.05, 4.69) is 0 Å². The Bertz CT molecular complexity index is 966. The van der Waals surface area contributed by atoms with Gasteiger partial charge in [-0.25, -0.2) is 4.98 Å². The Morgan fingerprint density at radius 3 is 2.79 bits per heavy atom. The first-order valence-electron chi connectivity index (χ1n) is 9.79. The number of nitrogens with zero attached hydrogens (tertiary/aromatic N) is 3. The van der Waals surface area contributed by atoms with E-state index in [-0.39, 0.29) is 25.0 Å². The highest BCUT2D eigenvalue weighted by Gasteiger charge is 2.28. The number of likely N-dealkylation sites (tertiary alicyclic amines) is 1. The number of piperidine rings is 1. The Hall–Kier alpha value is -2.37. The van der Waals surface area contributed by atoms with Crippen LogP contribution in [0.2, 0.25) is 5.02 Å². The minimum Gasteiger partial charge on any atom is -0.396 e.